The van der Waals surface area contributed by atoms with E-state index in [0.29, 0.717) is 0 Å². The standard InChI is InChI=1S/CH2F2.GeH4/c2-1-3;/h1H2;1H4. The molecular weight excluding hydrogens is 123 g/mol. The van der Waals surface area contributed by atoms with Gasteiger partial charge in [-0.2, -0.15) is 0 Å². The first-order valence-electron chi connectivity index (χ1n) is 0.535. The van der Waals surface area contributed by atoms with E-state index < -0.39 is 6.93 Å². The molecule has 0 aliphatic carbocycles. The van der Waals surface area contributed by atoms with Crippen LogP contribution in [0.3, 0.4) is 0 Å². The van der Waals surface area contributed by atoms with Gasteiger partial charge < -0.3 is 0 Å². The van der Waals surface area contributed by atoms with Crippen molar-refractivity contribution in [3.8, 4) is 0 Å². The van der Waals surface area contributed by atoms with Gasteiger partial charge in [0.15, 0.2) is 0 Å². The molecule has 0 fully saturated rings. The molecule has 0 aliphatic heterocycles. The number of rotatable bonds is 0. The van der Waals surface area contributed by atoms with E-state index in [-0.39, 0.29) is 17.6 Å². The molecule has 0 spiro atoms. The van der Waals surface area contributed by atoms with Crippen LogP contribution in [0.1, 0.15) is 0 Å². The van der Waals surface area contributed by atoms with Gasteiger partial charge in [0.25, 0.3) is 0 Å². The Bertz CT molecular complexity index is 6.00. The van der Waals surface area contributed by atoms with Gasteiger partial charge in [0.2, 0.25) is 6.93 Å². The molecule has 4 heavy (non-hydrogen) atoms. The van der Waals surface area contributed by atoms with Crippen molar-refractivity contribution >= 4 is 17.6 Å². The second kappa shape index (κ2) is 9.98. The van der Waals surface area contributed by atoms with Crippen molar-refractivity contribution < 1.29 is 8.78 Å². The van der Waals surface area contributed by atoms with Gasteiger partial charge in [-0.3, -0.25) is 0 Å². The summed E-state index contributed by atoms with van der Waals surface area (Å²) in [6, 6.07) is 0. The van der Waals surface area contributed by atoms with E-state index in [1.165, 1.54) is 0 Å². The topological polar surface area (TPSA) is 0 Å². The molecule has 0 rings (SSSR count). The van der Waals surface area contributed by atoms with Crippen LogP contribution in [-0.2, 0) is 0 Å². The van der Waals surface area contributed by atoms with Crippen LogP contribution in [-0.4, -0.2) is 24.5 Å². The minimum absolute atomic E-state index is 0. The van der Waals surface area contributed by atoms with Crippen LogP contribution in [0.15, 0.2) is 0 Å². The van der Waals surface area contributed by atoms with E-state index in [0.717, 1.165) is 0 Å². The van der Waals surface area contributed by atoms with Gasteiger partial charge in [0.05, 0.1) is 0 Å². The van der Waals surface area contributed by atoms with Crippen molar-refractivity contribution in [2.45, 2.75) is 0 Å². The van der Waals surface area contributed by atoms with E-state index in [9.17, 15) is 8.78 Å². The summed E-state index contributed by atoms with van der Waals surface area (Å²) in [6.07, 6.45) is 0. The summed E-state index contributed by atoms with van der Waals surface area (Å²) in [6.45, 7) is -1.75. The van der Waals surface area contributed by atoms with Crippen LogP contribution in [0.25, 0.3) is 0 Å². The molecule has 0 atom stereocenters. The van der Waals surface area contributed by atoms with E-state index in [1.54, 1.807) is 0 Å². The predicted molar refractivity (Wildman–Crippen MR) is 18.4 cm³/mol. The zero-order valence-corrected chi connectivity index (χ0v) is 1.46. The van der Waals surface area contributed by atoms with Gasteiger partial charge in [-0.15, -0.1) is 0 Å². The first-order chi connectivity index (χ1) is 1.41. The summed E-state index contributed by atoms with van der Waals surface area (Å²) >= 11 is 0. The Balaban J connectivity index is 0. The normalized spacial score (nSPS) is 4.50. The maximum absolute atomic E-state index is 9.62. The van der Waals surface area contributed by atoms with Crippen molar-refractivity contribution in [3.05, 3.63) is 0 Å². The number of alkyl halides is 2. The molecule has 0 radical (unpaired) electrons. The minimum atomic E-state index is -1.75. The molecule has 0 N–H and O–H groups in total. The molecule has 0 aromatic carbocycles. The van der Waals surface area contributed by atoms with E-state index >= 15 is 0 Å². The number of hydrogen-bond donors (Lipinski definition) is 0. The zero-order valence-electron chi connectivity index (χ0n) is 1.46. The molecule has 0 saturated carbocycles. The number of hydrogen-bond acceptors (Lipinski definition) is 0. The summed E-state index contributed by atoms with van der Waals surface area (Å²) in [7, 11) is 0. The molecule has 0 aromatic heterocycles. The van der Waals surface area contributed by atoms with Crippen LogP contribution < -0.4 is 0 Å². The zero-order chi connectivity index (χ0) is 2.71. The predicted octanol–water partition coefficient (Wildman–Crippen LogP) is -0.569. The van der Waals surface area contributed by atoms with Crippen molar-refractivity contribution in [1.29, 1.82) is 0 Å². The molecule has 0 unspecified atom stereocenters. The Morgan fingerprint density at radius 2 is 1.25 bits per heavy atom. The van der Waals surface area contributed by atoms with Crippen molar-refractivity contribution in [1.82, 2.24) is 0 Å². The summed E-state index contributed by atoms with van der Waals surface area (Å²) in [5.41, 5.74) is 0. The molecule has 0 aromatic rings. The molecule has 0 bridgehead atoms. The van der Waals surface area contributed by atoms with Crippen molar-refractivity contribution in [2.75, 3.05) is 6.93 Å². The Morgan fingerprint density at radius 3 is 1.25 bits per heavy atom. The fourth-order valence-corrected chi connectivity index (χ4v) is 0. The van der Waals surface area contributed by atoms with Gasteiger partial charge >= 0.3 is 17.6 Å². The summed E-state index contributed by atoms with van der Waals surface area (Å²) < 4.78 is 19.2. The average molecular weight is 129 g/mol. The summed E-state index contributed by atoms with van der Waals surface area (Å²) in [5, 5.41) is 0. The quantitative estimate of drug-likeness (QED) is 0.384. The first kappa shape index (κ1) is 8.83. The molecule has 0 aliphatic rings. The molecule has 0 amide bonds. The molecule has 0 nitrogen and oxygen atoms in total. The van der Waals surface area contributed by atoms with Crippen LogP contribution >= 0.6 is 0 Å². The number of halogens is 2. The first-order valence-corrected chi connectivity index (χ1v) is 0.535. The molecular formula is CH6F2Ge. The fraction of sp³-hybridized carbons (Fsp3) is 1.00. The summed E-state index contributed by atoms with van der Waals surface area (Å²) in [4.78, 5) is 0. The van der Waals surface area contributed by atoms with Crippen LogP contribution in [0, 0.1) is 0 Å². The van der Waals surface area contributed by atoms with Crippen molar-refractivity contribution in [3.63, 3.8) is 0 Å². The maximum atomic E-state index is 9.62. The molecule has 0 heterocycles. The molecule has 0 saturated heterocycles. The third-order valence-electron chi connectivity index (χ3n) is 0. The second-order valence-corrected chi connectivity index (χ2v) is 0.101. The van der Waals surface area contributed by atoms with E-state index in [4.69, 9.17) is 0 Å². The third kappa shape index (κ3) is 29.1. The van der Waals surface area contributed by atoms with Crippen LogP contribution in [0.4, 0.5) is 8.78 Å². The Kier molecular flexibility index (Phi) is 22.0. The van der Waals surface area contributed by atoms with Gasteiger partial charge in [-0.1, -0.05) is 0 Å². The Hall–Kier alpha value is 0.403. The Labute approximate surface area is 34.2 Å². The van der Waals surface area contributed by atoms with Gasteiger partial charge in [0, 0.05) is 0 Å². The molecule has 3 heteroatoms. The third-order valence-corrected chi connectivity index (χ3v) is 0. The monoisotopic (exact) mass is 130 g/mol. The van der Waals surface area contributed by atoms with E-state index in [1.807, 2.05) is 0 Å². The Morgan fingerprint density at radius 1 is 1.25 bits per heavy atom. The van der Waals surface area contributed by atoms with Crippen LogP contribution in [0.5, 0.6) is 0 Å². The summed E-state index contributed by atoms with van der Waals surface area (Å²) in [5.74, 6) is 0. The second-order valence-electron chi connectivity index (χ2n) is 0.101. The van der Waals surface area contributed by atoms with Crippen LogP contribution in [0.2, 0.25) is 0 Å². The SMILES string of the molecule is FCF.[GeH4]. The van der Waals surface area contributed by atoms with Gasteiger partial charge in [-0.05, 0) is 0 Å². The molecule has 28 valence electrons. The van der Waals surface area contributed by atoms with Gasteiger partial charge in [0.1, 0.15) is 0 Å². The van der Waals surface area contributed by atoms with E-state index in [2.05, 4.69) is 0 Å². The average Bonchev–Trinajstić information content (AvgIpc) is 0.918. The fourth-order valence-electron chi connectivity index (χ4n) is 0. The van der Waals surface area contributed by atoms with Gasteiger partial charge in [-0.25, -0.2) is 8.78 Å². The van der Waals surface area contributed by atoms with Crippen molar-refractivity contribution in [2.24, 2.45) is 0 Å².